The number of rotatable bonds is 11. The summed E-state index contributed by atoms with van der Waals surface area (Å²) in [4.78, 5) is 12.0. The fourth-order valence-corrected chi connectivity index (χ4v) is 2.44. The van der Waals surface area contributed by atoms with E-state index < -0.39 is 0 Å². The van der Waals surface area contributed by atoms with Crippen LogP contribution in [0.15, 0.2) is 48.5 Å². The molecule has 1 amide bonds. The van der Waals surface area contributed by atoms with E-state index in [-0.39, 0.29) is 5.91 Å². The minimum absolute atomic E-state index is 0.00502. The van der Waals surface area contributed by atoms with Crippen LogP contribution in [0.2, 0.25) is 0 Å². The predicted molar refractivity (Wildman–Crippen MR) is 106 cm³/mol. The Balaban J connectivity index is 1.64. The second-order valence-electron chi connectivity index (χ2n) is 6.22. The lowest BCUT2D eigenvalue weighted by Crippen LogP contribution is -2.12. The third-order valence-electron chi connectivity index (χ3n) is 4.05. The highest BCUT2D eigenvalue weighted by Crippen LogP contribution is 2.17. The quantitative estimate of drug-likeness (QED) is 0.562. The van der Waals surface area contributed by atoms with Gasteiger partial charge in [0.2, 0.25) is 5.91 Å². The Morgan fingerprint density at radius 3 is 2.00 bits per heavy atom. The van der Waals surface area contributed by atoms with Crippen LogP contribution in [0.4, 0.5) is 5.69 Å². The van der Waals surface area contributed by atoms with Gasteiger partial charge in [0.25, 0.3) is 0 Å². The highest BCUT2D eigenvalue weighted by molar-refractivity contribution is 5.90. The van der Waals surface area contributed by atoms with Gasteiger partial charge in [-0.2, -0.15) is 0 Å². The van der Waals surface area contributed by atoms with Crippen molar-refractivity contribution in [3.8, 4) is 11.5 Å². The normalized spacial score (nSPS) is 10.4. The van der Waals surface area contributed by atoms with Crippen LogP contribution in [0.5, 0.6) is 11.5 Å². The van der Waals surface area contributed by atoms with Crippen molar-refractivity contribution in [1.29, 1.82) is 0 Å². The van der Waals surface area contributed by atoms with Crippen molar-refractivity contribution >= 4 is 11.6 Å². The molecule has 0 radical (unpaired) electrons. The van der Waals surface area contributed by atoms with Crippen LogP contribution in [0.1, 0.15) is 45.1 Å². The molecular weight excluding hydrogens is 326 g/mol. The SMILES string of the molecule is CCCCOc1ccc(NC(=O)CCCOc2ccc(CC)cc2)cc1. The Morgan fingerprint density at radius 2 is 1.42 bits per heavy atom. The van der Waals surface area contributed by atoms with E-state index in [0.29, 0.717) is 19.4 Å². The Labute approximate surface area is 156 Å². The van der Waals surface area contributed by atoms with Gasteiger partial charge in [0.15, 0.2) is 0 Å². The number of ether oxygens (including phenoxy) is 2. The standard InChI is InChI=1S/C22H29NO3/c1-3-5-16-25-21-14-10-19(11-15-21)23-22(24)7-6-17-26-20-12-8-18(4-2)9-13-20/h8-15H,3-7,16-17H2,1-2H3,(H,23,24). The molecule has 0 fully saturated rings. The van der Waals surface area contributed by atoms with Crippen LogP contribution in [0.3, 0.4) is 0 Å². The molecule has 4 nitrogen and oxygen atoms in total. The number of carbonyl (C=O) groups excluding carboxylic acids is 1. The molecule has 0 aliphatic rings. The molecule has 0 aromatic heterocycles. The Bertz CT molecular complexity index is 650. The highest BCUT2D eigenvalue weighted by Gasteiger charge is 2.03. The first kappa shape index (κ1) is 19.8. The van der Waals surface area contributed by atoms with E-state index in [0.717, 1.165) is 43.1 Å². The van der Waals surface area contributed by atoms with Gasteiger partial charge in [-0.05, 0) is 61.2 Å². The number of nitrogens with one attached hydrogen (secondary N) is 1. The molecule has 0 saturated carbocycles. The largest absolute Gasteiger partial charge is 0.494 e. The maximum absolute atomic E-state index is 12.0. The minimum atomic E-state index is -0.00502. The molecular formula is C22H29NO3. The zero-order valence-electron chi connectivity index (χ0n) is 15.8. The fourth-order valence-electron chi connectivity index (χ4n) is 2.44. The maximum atomic E-state index is 12.0. The van der Waals surface area contributed by atoms with E-state index in [1.54, 1.807) is 0 Å². The number of hydrogen-bond acceptors (Lipinski definition) is 3. The molecule has 0 aliphatic heterocycles. The molecule has 0 spiro atoms. The van der Waals surface area contributed by atoms with Crippen molar-refractivity contribution < 1.29 is 14.3 Å². The number of anilines is 1. The second kappa shape index (κ2) is 11.2. The van der Waals surface area contributed by atoms with Crippen molar-refractivity contribution in [1.82, 2.24) is 0 Å². The monoisotopic (exact) mass is 355 g/mol. The molecule has 26 heavy (non-hydrogen) atoms. The third-order valence-corrected chi connectivity index (χ3v) is 4.05. The molecule has 0 atom stereocenters. The number of aryl methyl sites for hydroxylation is 1. The first-order chi connectivity index (χ1) is 12.7. The topological polar surface area (TPSA) is 47.6 Å². The number of unbranched alkanes of at least 4 members (excludes halogenated alkanes) is 1. The van der Waals surface area contributed by atoms with Crippen LogP contribution < -0.4 is 14.8 Å². The van der Waals surface area contributed by atoms with Gasteiger partial charge in [0.1, 0.15) is 11.5 Å². The number of hydrogen-bond donors (Lipinski definition) is 1. The van der Waals surface area contributed by atoms with E-state index >= 15 is 0 Å². The summed E-state index contributed by atoms with van der Waals surface area (Å²) in [6.07, 6.45) is 4.29. The van der Waals surface area contributed by atoms with E-state index in [9.17, 15) is 4.79 Å². The minimum Gasteiger partial charge on any atom is -0.494 e. The summed E-state index contributed by atoms with van der Waals surface area (Å²) >= 11 is 0. The molecule has 2 rings (SSSR count). The van der Waals surface area contributed by atoms with Crippen LogP contribution in [0.25, 0.3) is 0 Å². The van der Waals surface area contributed by atoms with Crippen molar-refractivity contribution in [3.63, 3.8) is 0 Å². The number of benzene rings is 2. The summed E-state index contributed by atoms with van der Waals surface area (Å²) in [6.45, 7) is 5.52. The summed E-state index contributed by atoms with van der Waals surface area (Å²) in [5, 5.41) is 2.90. The van der Waals surface area contributed by atoms with Gasteiger partial charge < -0.3 is 14.8 Å². The summed E-state index contributed by atoms with van der Waals surface area (Å²) in [5.74, 6) is 1.68. The average Bonchev–Trinajstić information content (AvgIpc) is 2.67. The Hall–Kier alpha value is -2.49. The van der Waals surface area contributed by atoms with Crippen molar-refractivity contribution in [2.45, 2.75) is 46.0 Å². The first-order valence-electron chi connectivity index (χ1n) is 9.45. The maximum Gasteiger partial charge on any atom is 0.224 e. The molecule has 2 aromatic carbocycles. The molecule has 4 heteroatoms. The lowest BCUT2D eigenvalue weighted by molar-refractivity contribution is -0.116. The molecule has 140 valence electrons. The van der Waals surface area contributed by atoms with Gasteiger partial charge in [-0.15, -0.1) is 0 Å². The summed E-state index contributed by atoms with van der Waals surface area (Å²) in [7, 11) is 0. The van der Waals surface area contributed by atoms with Gasteiger partial charge in [-0.3, -0.25) is 4.79 Å². The molecule has 2 aromatic rings. The van der Waals surface area contributed by atoms with E-state index in [1.165, 1.54) is 5.56 Å². The van der Waals surface area contributed by atoms with E-state index in [2.05, 4.69) is 31.3 Å². The van der Waals surface area contributed by atoms with Crippen LogP contribution in [-0.4, -0.2) is 19.1 Å². The third kappa shape index (κ3) is 7.18. The molecule has 0 heterocycles. The van der Waals surface area contributed by atoms with Gasteiger partial charge >= 0.3 is 0 Å². The van der Waals surface area contributed by atoms with Crippen LogP contribution in [0, 0.1) is 0 Å². The van der Waals surface area contributed by atoms with Gasteiger partial charge in [-0.1, -0.05) is 32.4 Å². The zero-order chi connectivity index (χ0) is 18.6. The smallest absolute Gasteiger partial charge is 0.224 e. The molecule has 0 saturated heterocycles. The fraction of sp³-hybridized carbons (Fsp3) is 0.409. The van der Waals surface area contributed by atoms with Crippen molar-refractivity contribution in [2.24, 2.45) is 0 Å². The Kier molecular flexibility index (Phi) is 8.53. The van der Waals surface area contributed by atoms with Gasteiger partial charge in [0.05, 0.1) is 13.2 Å². The molecule has 0 aliphatic carbocycles. The zero-order valence-corrected chi connectivity index (χ0v) is 15.8. The predicted octanol–water partition coefficient (Wildman–Crippen LogP) is 5.23. The lowest BCUT2D eigenvalue weighted by Gasteiger charge is -2.09. The summed E-state index contributed by atoms with van der Waals surface area (Å²) in [6, 6.07) is 15.6. The lowest BCUT2D eigenvalue weighted by atomic mass is 10.2. The molecule has 0 unspecified atom stereocenters. The van der Waals surface area contributed by atoms with Crippen molar-refractivity contribution in [2.75, 3.05) is 18.5 Å². The Morgan fingerprint density at radius 1 is 0.846 bits per heavy atom. The summed E-state index contributed by atoms with van der Waals surface area (Å²) in [5.41, 5.74) is 2.08. The molecule has 1 N–H and O–H groups in total. The number of amides is 1. The van der Waals surface area contributed by atoms with Crippen molar-refractivity contribution in [3.05, 3.63) is 54.1 Å². The van der Waals surface area contributed by atoms with Crippen LogP contribution in [-0.2, 0) is 11.2 Å². The van der Waals surface area contributed by atoms with E-state index in [1.807, 2.05) is 36.4 Å². The number of carbonyl (C=O) groups is 1. The van der Waals surface area contributed by atoms with E-state index in [4.69, 9.17) is 9.47 Å². The average molecular weight is 355 g/mol. The second-order valence-corrected chi connectivity index (χ2v) is 6.22. The van der Waals surface area contributed by atoms with Gasteiger partial charge in [0, 0.05) is 12.1 Å². The molecule has 0 bridgehead atoms. The summed E-state index contributed by atoms with van der Waals surface area (Å²) < 4.78 is 11.3. The first-order valence-corrected chi connectivity index (χ1v) is 9.45. The van der Waals surface area contributed by atoms with Crippen LogP contribution >= 0.6 is 0 Å². The highest BCUT2D eigenvalue weighted by atomic mass is 16.5. The van der Waals surface area contributed by atoms with Gasteiger partial charge in [-0.25, -0.2) is 0 Å².